The molecule has 0 saturated heterocycles. The minimum Gasteiger partial charge on any atom is -0.493 e. The van der Waals surface area contributed by atoms with E-state index in [1.807, 2.05) is 0 Å². The minimum absolute atomic E-state index is 0.297. The lowest BCUT2D eigenvalue weighted by molar-refractivity contribution is -0.144. The molecule has 142 valence electrons. The van der Waals surface area contributed by atoms with Crippen LogP contribution in [0.4, 0.5) is 10.5 Å². The molecule has 2 aromatic rings. The van der Waals surface area contributed by atoms with Crippen LogP contribution >= 0.6 is 15.9 Å². The number of anilines is 1. The molecular formula is C18H18BrN3O5. The fourth-order valence-corrected chi connectivity index (χ4v) is 2.22. The summed E-state index contributed by atoms with van der Waals surface area (Å²) in [5.41, 5.74) is 3.61. The number of aliphatic carboxylic acids is 1. The topological polar surface area (TPSA) is 109 Å². The van der Waals surface area contributed by atoms with Crippen LogP contribution in [0.5, 0.6) is 11.5 Å². The Labute approximate surface area is 164 Å². The van der Waals surface area contributed by atoms with E-state index < -0.39 is 18.1 Å². The molecule has 0 aliphatic carbocycles. The van der Waals surface area contributed by atoms with E-state index in [1.165, 1.54) is 20.2 Å². The number of carboxylic acids is 1. The summed E-state index contributed by atoms with van der Waals surface area (Å²) in [4.78, 5) is 22.7. The van der Waals surface area contributed by atoms with E-state index in [9.17, 15) is 9.59 Å². The number of rotatable bonds is 7. The second-order valence-corrected chi connectivity index (χ2v) is 6.26. The van der Waals surface area contributed by atoms with Crippen LogP contribution in [-0.4, -0.2) is 36.5 Å². The molecule has 0 fully saturated rings. The van der Waals surface area contributed by atoms with E-state index >= 15 is 0 Å². The monoisotopic (exact) mass is 435 g/mol. The highest BCUT2D eigenvalue weighted by Gasteiger charge is 2.15. The fourth-order valence-electron chi connectivity index (χ4n) is 1.96. The van der Waals surface area contributed by atoms with Gasteiger partial charge in [0.25, 0.3) is 0 Å². The standard InChI is InChI=1S/C18H18BrN3O5/c1-11(17(23)24)27-15-8-3-12(9-16(15)26-2)10-20-22-18(25)21-14-6-4-13(19)5-7-14/h3-11H,1-2H3,(H,23,24)(H2,21,22,25)/b20-10+/t11-/m1/s1. The zero-order valence-corrected chi connectivity index (χ0v) is 16.2. The summed E-state index contributed by atoms with van der Waals surface area (Å²) in [6, 6.07) is 11.5. The number of hydrazone groups is 1. The third kappa shape index (κ3) is 6.30. The fraction of sp³-hybridized carbons (Fsp3) is 0.167. The summed E-state index contributed by atoms with van der Waals surface area (Å²) in [6.45, 7) is 1.42. The number of amides is 2. The van der Waals surface area contributed by atoms with Crippen molar-refractivity contribution in [1.82, 2.24) is 5.43 Å². The highest BCUT2D eigenvalue weighted by molar-refractivity contribution is 9.10. The predicted octanol–water partition coefficient (Wildman–Crippen LogP) is 3.47. The number of ether oxygens (including phenoxy) is 2. The molecular weight excluding hydrogens is 418 g/mol. The number of carbonyl (C=O) groups excluding carboxylic acids is 1. The Balaban J connectivity index is 1.96. The van der Waals surface area contributed by atoms with Crippen molar-refractivity contribution in [2.45, 2.75) is 13.0 Å². The van der Waals surface area contributed by atoms with E-state index in [0.717, 1.165) is 4.47 Å². The van der Waals surface area contributed by atoms with E-state index in [-0.39, 0.29) is 0 Å². The first-order valence-electron chi connectivity index (χ1n) is 7.82. The Morgan fingerprint density at radius 1 is 1.19 bits per heavy atom. The van der Waals surface area contributed by atoms with E-state index in [2.05, 4.69) is 31.8 Å². The third-order valence-electron chi connectivity index (χ3n) is 3.32. The van der Waals surface area contributed by atoms with Gasteiger partial charge >= 0.3 is 12.0 Å². The van der Waals surface area contributed by atoms with Crippen molar-refractivity contribution in [2.75, 3.05) is 12.4 Å². The lowest BCUT2D eigenvalue weighted by Gasteiger charge is -2.14. The molecule has 0 unspecified atom stereocenters. The maximum Gasteiger partial charge on any atom is 0.344 e. The largest absolute Gasteiger partial charge is 0.493 e. The van der Waals surface area contributed by atoms with Crippen LogP contribution in [0, 0.1) is 0 Å². The van der Waals surface area contributed by atoms with Crippen LogP contribution in [0.25, 0.3) is 0 Å². The minimum atomic E-state index is -1.08. The number of hydrogen-bond donors (Lipinski definition) is 3. The SMILES string of the molecule is COc1cc(/C=N/NC(=O)Nc2ccc(Br)cc2)ccc1O[C@H](C)C(=O)O. The average Bonchev–Trinajstić information content (AvgIpc) is 2.64. The molecule has 0 aliphatic rings. The van der Waals surface area contributed by atoms with Crippen LogP contribution < -0.4 is 20.2 Å². The number of nitrogens with zero attached hydrogens (tertiary/aromatic N) is 1. The number of carbonyl (C=O) groups is 2. The number of nitrogens with one attached hydrogen (secondary N) is 2. The Bertz CT molecular complexity index is 839. The number of carboxylic acid groups (broad SMARTS) is 1. The normalized spacial score (nSPS) is 11.7. The van der Waals surface area contributed by atoms with Gasteiger partial charge < -0.3 is 19.9 Å². The highest BCUT2D eigenvalue weighted by Crippen LogP contribution is 2.28. The van der Waals surface area contributed by atoms with E-state index in [0.29, 0.717) is 22.7 Å². The number of methoxy groups -OCH3 is 1. The van der Waals surface area contributed by atoms with Crippen LogP contribution in [0.1, 0.15) is 12.5 Å². The van der Waals surface area contributed by atoms with Gasteiger partial charge in [-0.15, -0.1) is 0 Å². The Hall–Kier alpha value is -3.07. The van der Waals surface area contributed by atoms with Crippen molar-refractivity contribution in [2.24, 2.45) is 5.10 Å². The Morgan fingerprint density at radius 2 is 1.89 bits per heavy atom. The third-order valence-corrected chi connectivity index (χ3v) is 3.85. The van der Waals surface area contributed by atoms with E-state index in [1.54, 1.807) is 42.5 Å². The number of urea groups is 1. The van der Waals surface area contributed by atoms with Crippen molar-refractivity contribution in [3.63, 3.8) is 0 Å². The maximum absolute atomic E-state index is 11.8. The number of benzene rings is 2. The number of hydrogen-bond acceptors (Lipinski definition) is 5. The van der Waals surface area contributed by atoms with Crippen molar-refractivity contribution < 1.29 is 24.2 Å². The molecule has 3 N–H and O–H groups in total. The quantitative estimate of drug-likeness (QED) is 0.455. The zero-order chi connectivity index (χ0) is 19.8. The smallest absolute Gasteiger partial charge is 0.344 e. The van der Waals surface area contributed by atoms with Gasteiger partial charge in [-0.05, 0) is 55.0 Å². The zero-order valence-electron chi connectivity index (χ0n) is 14.6. The van der Waals surface area contributed by atoms with Crippen LogP contribution in [0.3, 0.4) is 0 Å². The molecule has 0 aromatic heterocycles. The summed E-state index contributed by atoms with van der Waals surface area (Å²) >= 11 is 3.32. The predicted molar refractivity (Wildman–Crippen MR) is 105 cm³/mol. The van der Waals surface area contributed by atoms with Gasteiger partial charge in [-0.25, -0.2) is 15.0 Å². The van der Waals surface area contributed by atoms with Crippen LogP contribution in [0.2, 0.25) is 0 Å². The lowest BCUT2D eigenvalue weighted by Crippen LogP contribution is -2.24. The first-order chi connectivity index (χ1) is 12.9. The lowest BCUT2D eigenvalue weighted by atomic mass is 10.2. The van der Waals surface area contributed by atoms with Crippen molar-refractivity contribution in [1.29, 1.82) is 0 Å². The summed E-state index contributed by atoms with van der Waals surface area (Å²) in [5, 5.41) is 15.4. The first kappa shape index (κ1) is 20.2. The first-order valence-corrected chi connectivity index (χ1v) is 8.61. The molecule has 2 rings (SSSR count). The molecule has 0 heterocycles. The molecule has 2 aromatic carbocycles. The molecule has 0 aliphatic heterocycles. The van der Waals surface area contributed by atoms with Crippen molar-refractivity contribution in [3.8, 4) is 11.5 Å². The molecule has 2 amide bonds. The van der Waals surface area contributed by atoms with Crippen LogP contribution in [-0.2, 0) is 4.79 Å². The number of halogens is 1. The van der Waals surface area contributed by atoms with Gasteiger partial charge in [0.2, 0.25) is 0 Å². The summed E-state index contributed by atoms with van der Waals surface area (Å²) in [6.07, 6.45) is 0.413. The van der Waals surface area contributed by atoms with Gasteiger partial charge in [-0.2, -0.15) is 5.10 Å². The molecule has 27 heavy (non-hydrogen) atoms. The van der Waals surface area contributed by atoms with Gasteiger partial charge in [0.1, 0.15) is 0 Å². The molecule has 0 radical (unpaired) electrons. The molecule has 8 nitrogen and oxygen atoms in total. The summed E-state index contributed by atoms with van der Waals surface area (Å²) in [7, 11) is 1.44. The Morgan fingerprint density at radius 3 is 2.52 bits per heavy atom. The second-order valence-electron chi connectivity index (χ2n) is 5.34. The van der Waals surface area contributed by atoms with Crippen LogP contribution in [0.15, 0.2) is 52.0 Å². The molecule has 0 bridgehead atoms. The maximum atomic E-state index is 11.8. The Kier molecular flexibility index (Phi) is 7.18. The molecule has 9 heteroatoms. The van der Waals surface area contributed by atoms with Gasteiger partial charge in [-0.1, -0.05) is 15.9 Å². The summed E-state index contributed by atoms with van der Waals surface area (Å²) in [5.74, 6) is -0.430. The average molecular weight is 436 g/mol. The van der Waals surface area contributed by atoms with E-state index in [4.69, 9.17) is 14.6 Å². The molecule has 1 atom stereocenters. The molecule has 0 saturated carbocycles. The van der Waals surface area contributed by atoms with Crippen molar-refractivity contribution >= 4 is 39.8 Å². The van der Waals surface area contributed by atoms with Gasteiger partial charge in [-0.3, -0.25) is 0 Å². The highest BCUT2D eigenvalue weighted by atomic mass is 79.9. The van der Waals surface area contributed by atoms with Gasteiger partial charge in [0, 0.05) is 10.2 Å². The summed E-state index contributed by atoms with van der Waals surface area (Å²) < 4.78 is 11.4. The second kappa shape index (κ2) is 9.58. The van der Waals surface area contributed by atoms with Crippen molar-refractivity contribution in [3.05, 3.63) is 52.5 Å². The molecule has 0 spiro atoms. The van der Waals surface area contributed by atoms with Gasteiger partial charge in [0.15, 0.2) is 17.6 Å². The van der Waals surface area contributed by atoms with Gasteiger partial charge in [0.05, 0.1) is 13.3 Å².